The van der Waals surface area contributed by atoms with Gasteiger partial charge in [-0.2, -0.15) is 0 Å². The molecule has 0 aliphatic carbocycles. The van der Waals surface area contributed by atoms with Crippen LogP contribution in [0.1, 0.15) is 12.5 Å². The molecule has 4 aromatic rings. The number of non-ortho nitro benzene ring substituents is 1. The summed E-state index contributed by atoms with van der Waals surface area (Å²) >= 11 is 0. The van der Waals surface area contributed by atoms with Crippen LogP contribution in [-0.4, -0.2) is 32.0 Å². The molecule has 156 valence electrons. The van der Waals surface area contributed by atoms with E-state index in [1.807, 2.05) is 24.3 Å². The van der Waals surface area contributed by atoms with Gasteiger partial charge >= 0.3 is 5.69 Å². The van der Waals surface area contributed by atoms with Crippen LogP contribution in [0.3, 0.4) is 0 Å². The monoisotopic (exact) mass is 417 g/mol. The summed E-state index contributed by atoms with van der Waals surface area (Å²) in [4.78, 5) is 41.4. The van der Waals surface area contributed by atoms with Crippen molar-refractivity contribution in [3.05, 3.63) is 93.0 Å². The molecule has 4 rings (SSSR count). The lowest BCUT2D eigenvalue weighted by Gasteiger charge is -2.15. The Bertz CT molecular complexity index is 1350. The van der Waals surface area contributed by atoms with Gasteiger partial charge in [-0.15, -0.1) is 0 Å². The third-order valence-corrected chi connectivity index (χ3v) is 5.13. The molecule has 9 nitrogen and oxygen atoms in total. The second-order valence-electron chi connectivity index (χ2n) is 7.07. The number of nitro groups is 1. The number of aromatic nitrogens is 3. The van der Waals surface area contributed by atoms with E-state index in [-0.39, 0.29) is 23.8 Å². The standard InChI is InChI=1S/C22H19N5O4/c1-15(28)24(2)17-10-8-16(9-11-17)14-25-20-7-4-12-23-21(20)26(22(25)29)18-5-3-6-19(13-18)27(30)31/h3-13H,14H2,1-2H3. The van der Waals surface area contributed by atoms with E-state index in [2.05, 4.69) is 4.98 Å². The minimum Gasteiger partial charge on any atom is -0.316 e. The number of rotatable bonds is 5. The Morgan fingerprint density at radius 3 is 2.55 bits per heavy atom. The summed E-state index contributed by atoms with van der Waals surface area (Å²) in [6, 6.07) is 16.8. The SMILES string of the molecule is CC(=O)N(C)c1ccc(Cn2c(=O)n(-c3cccc([N+](=O)[O-])c3)c3ncccc32)cc1. The molecular formula is C22H19N5O4. The van der Waals surface area contributed by atoms with Crippen molar-refractivity contribution in [2.75, 3.05) is 11.9 Å². The summed E-state index contributed by atoms with van der Waals surface area (Å²) in [7, 11) is 1.69. The Hall–Kier alpha value is -4.27. The van der Waals surface area contributed by atoms with Gasteiger partial charge in [0.15, 0.2) is 5.65 Å². The van der Waals surface area contributed by atoms with Gasteiger partial charge in [0.05, 0.1) is 22.7 Å². The minimum atomic E-state index is -0.499. The van der Waals surface area contributed by atoms with Gasteiger partial charge in [-0.3, -0.25) is 19.5 Å². The Labute approximate surface area is 176 Å². The molecule has 2 aromatic heterocycles. The summed E-state index contributed by atoms with van der Waals surface area (Å²) < 4.78 is 2.95. The maximum absolute atomic E-state index is 13.3. The van der Waals surface area contributed by atoms with E-state index >= 15 is 0 Å². The van der Waals surface area contributed by atoms with Crippen LogP contribution in [0.4, 0.5) is 11.4 Å². The van der Waals surface area contributed by atoms with Crippen LogP contribution >= 0.6 is 0 Å². The van der Waals surface area contributed by atoms with Crippen molar-refractivity contribution in [2.24, 2.45) is 0 Å². The molecule has 0 radical (unpaired) electrons. The summed E-state index contributed by atoms with van der Waals surface area (Å²) in [5, 5.41) is 11.2. The number of nitro benzene ring substituents is 1. The van der Waals surface area contributed by atoms with Crippen LogP contribution < -0.4 is 10.6 Å². The van der Waals surface area contributed by atoms with Crippen LogP contribution in [0.5, 0.6) is 0 Å². The summed E-state index contributed by atoms with van der Waals surface area (Å²) in [6.45, 7) is 1.77. The van der Waals surface area contributed by atoms with Gasteiger partial charge < -0.3 is 4.90 Å². The smallest absolute Gasteiger partial charge is 0.316 e. The highest BCUT2D eigenvalue weighted by Gasteiger charge is 2.18. The van der Waals surface area contributed by atoms with Crippen LogP contribution in [0.25, 0.3) is 16.9 Å². The summed E-state index contributed by atoms with van der Waals surface area (Å²) in [6.07, 6.45) is 1.58. The lowest BCUT2D eigenvalue weighted by molar-refractivity contribution is -0.384. The van der Waals surface area contributed by atoms with E-state index in [4.69, 9.17) is 0 Å². The lowest BCUT2D eigenvalue weighted by atomic mass is 10.2. The number of fused-ring (bicyclic) bond motifs is 1. The molecule has 0 fully saturated rings. The zero-order valence-corrected chi connectivity index (χ0v) is 16.9. The van der Waals surface area contributed by atoms with Crippen LogP contribution in [0.2, 0.25) is 0 Å². The number of pyridine rings is 1. The van der Waals surface area contributed by atoms with Gasteiger partial charge in [0.25, 0.3) is 5.69 Å². The number of nitrogens with zero attached hydrogens (tertiary/aromatic N) is 5. The third kappa shape index (κ3) is 3.68. The molecule has 0 unspecified atom stereocenters. The Balaban J connectivity index is 1.79. The normalized spacial score (nSPS) is 10.9. The summed E-state index contributed by atoms with van der Waals surface area (Å²) in [5.41, 5.74) is 2.57. The van der Waals surface area contributed by atoms with Crippen molar-refractivity contribution in [1.82, 2.24) is 14.1 Å². The Morgan fingerprint density at radius 2 is 1.87 bits per heavy atom. The first-order valence-electron chi connectivity index (χ1n) is 9.51. The Kier molecular flexibility index (Phi) is 5.08. The molecule has 1 amide bonds. The van der Waals surface area contributed by atoms with Crippen molar-refractivity contribution < 1.29 is 9.72 Å². The molecule has 31 heavy (non-hydrogen) atoms. The molecule has 0 aliphatic heterocycles. The second kappa shape index (κ2) is 7.86. The van der Waals surface area contributed by atoms with Crippen molar-refractivity contribution in [3.63, 3.8) is 0 Å². The first-order valence-corrected chi connectivity index (χ1v) is 9.51. The van der Waals surface area contributed by atoms with Crippen LogP contribution in [-0.2, 0) is 11.3 Å². The third-order valence-electron chi connectivity index (χ3n) is 5.13. The average Bonchev–Trinajstić information content (AvgIpc) is 3.05. The highest BCUT2D eigenvalue weighted by atomic mass is 16.6. The molecule has 2 heterocycles. The van der Waals surface area contributed by atoms with Gasteiger partial charge in [-0.25, -0.2) is 14.3 Å². The quantitative estimate of drug-likeness (QED) is 0.367. The predicted octanol–water partition coefficient (Wildman–Crippen LogP) is 3.13. The van der Waals surface area contributed by atoms with Gasteiger partial charge in [-0.05, 0) is 35.9 Å². The first-order chi connectivity index (χ1) is 14.9. The highest BCUT2D eigenvalue weighted by Crippen LogP contribution is 2.21. The molecule has 2 aromatic carbocycles. The largest absolute Gasteiger partial charge is 0.335 e. The number of hydrogen-bond acceptors (Lipinski definition) is 5. The van der Waals surface area contributed by atoms with Crippen LogP contribution in [0.15, 0.2) is 71.7 Å². The molecule has 0 saturated carbocycles. The molecule has 0 spiro atoms. The predicted molar refractivity (Wildman–Crippen MR) is 117 cm³/mol. The fourth-order valence-corrected chi connectivity index (χ4v) is 3.41. The first kappa shape index (κ1) is 20.0. The van der Waals surface area contributed by atoms with Gasteiger partial charge in [-0.1, -0.05) is 18.2 Å². The minimum absolute atomic E-state index is 0.0740. The van der Waals surface area contributed by atoms with Crippen molar-refractivity contribution >= 4 is 28.4 Å². The van der Waals surface area contributed by atoms with E-state index < -0.39 is 4.92 Å². The molecule has 0 aliphatic rings. The van der Waals surface area contributed by atoms with E-state index in [0.717, 1.165) is 11.3 Å². The number of carbonyl (C=O) groups excluding carboxylic acids is 1. The van der Waals surface area contributed by atoms with Crippen molar-refractivity contribution in [3.8, 4) is 5.69 Å². The number of amides is 1. The second-order valence-corrected chi connectivity index (χ2v) is 7.07. The van der Waals surface area contributed by atoms with E-state index in [1.165, 1.54) is 34.6 Å². The fraction of sp³-hybridized carbons (Fsp3) is 0.136. The van der Waals surface area contributed by atoms with Gasteiger partial charge in [0, 0.05) is 38.0 Å². The maximum Gasteiger partial charge on any atom is 0.335 e. The summed E-state index contributed by atoms with van der Waals surface area (Å²) in [5.74, 6) is -0.0740. The topological polar surface area (TPSA) is 103 Å². The number of carbonyl (C=O) groups is 1. The molecule has 0 saturated heterocycles. The Morgan fingerprint density at radius 1 is 1.13 bits per heavy atom. The average molecular weight is 417 g/mol. The van der Waals surface area contributed by atoms with E-state index in [9.17, 15) is 19.7 Å². The molecule has 0 atom stereocenters. The number of imidazole rings is 1. The number of benzene rings is 2. The molecular weight excluding hydrogens is 398 g/mol. The maximum atomic E-state index is 13.3. The van der Waals surface area contributed by atoms with Crippen molar-refractivity contribution in [1.29, 1.82) is 0 Å². The zero-order chi connectivity index (χ0) is 22.1. The zero-order valence-electron chi connectivity index (χ0n) is 16.9. The molecule has 0 N–H and O–H groups in total. The highest BCUT2D eigenvalue weighted by molar-refractivity contribution is 5.90. The van der Waals surface area contributed by atoms with Crippen molar-refractivity contribution in [2.45, 2.75) is 13.5 Å². The van der Waals surface area contributed by atoms with Gasteiger partial charge in [0.2, 0.25) is 5.91 Å². The van der Waals surface area contributed by atoms with Gasteiger partial charge in [0.1, 0.15) is 0 Å². The molecule has 0 bridgehead atoms. The number of anilines is 1. The number of hydrogen-bond donors (Lipinski definition) is 0. The van der Waals surface area contributed by atoms with Crippen LogP contribution in [0, 0.1) is 10.1 Å². The lowest BCUT2D eigenvalue weighted by Crippen LogP contribution is -2.24. The van der Waals surface area contributed by atoms with E-state index in [1.54, 1.807) is 36.0 Å². The van der Waals surface area contributed by atoms with E-state index in [0.29, 0.717) is 16.9 Å². The fourth-order valence-electron chi connectivity index (χ4n) is 3.41. The molecule has 9 heteroatoms.